The average Bonchev–Trinajstić information content (AvgIpc) is 3.41. The molecular formula is C26H25ClF3N5O3S. The van der Waals surface area contributed by atoms with Gasteiger partial charge in [-0.3, -0.25) is 24.2 Å². The second-order valence-electron chi connectivity index (χ2n) is 9.17. The van der Waals surface area contributed by atoms with Crippen LogP contribution in [0.5, 0.6) is 0 Å². The van der Waals surface area contributed by atoms with Gasteiger partial charge in [-0.25, -0.2) is 0 Å². The fourth-order valence-electron chi connectivity index (χ4n) is 4.64. The third kappa shape index (κ3) is 6.81. The Kier molecular flexibility index (Phi) is 8.67. The van der Waals surface area contributed by atoms with Gasteiger partial charge in [0.25, 0.3) is 11.1 Å². The topological polar surface area (TPSA) is 120 Å². The molecule has 2 fully saturated rings. The van der Waals surface area contributed by atoms with Crippen LogP contribution in [0, 0.1) is 5.41 Å². The van der Waals surface area contributed by atoms with Crippen LogP contribution in [-0.2, 0) is 22.3 Å². The number of hydrogen-bond donors (Lipinski definition) is 3. The molecule has 0 bridgehead atoms. The number of nitrogens with zero attached hydrogens (tertiary/aromatic N) is 2. The largest absolute Gasteiger partial charge is 0.416 e. The standard InChI is InChI=1S/C26H25ClF3N5O3S/c27-18-5-4-16(20(10-18)26(28,29)30)12-33-21-6-3-15(8-17(21)11-31)9-22-24(37)35(25(38)39-22)13-19-2-1-7-34(19)14-23(32)36/h3-6,8-11,19,31,33H,1-2,7,12-14H2,(H2,32,36)/b22-9-,31-11?/t19-/m1/s1. The third-order valence-electron chi connectivity index (χ3n) is 6.50. The van der Waals surface area contributed by atoms with E-state index in [9.17, 15) is 27.6 Å². The highest BCUT2D eigenvalue weighted by atomic mass is 35.5. The Balaban J connectivity index is 1.47. The average molecular weight is 580 g/mol. The van der Waals surface area contributed by atoms with Crippen molar-refractivity contribution < 1.29 is 27.6 Å². The van der Waals surface area contributed by atoms with Crippen LogP contribution >= 0.6 is 23.4 Å². The molecular weight excluding hydrogens is 555 g/mol. The van der Waals surface area contributed by atoms with Gasteiger partial charge in [0.2, 0.25) is 5.91 Å². The van der Waals surface area contributed by atoms with Gasteiger partial charge in [0.05, 0.1) is 17.0 Å². The first-order chi connectivity index (χ1) is 18.5. The van der Waals surface area contributed by atoms with Crippen molar-refractivity contribution in [2.24, 2.45) is 5.73 Å². The molecule has 0 spiro atoms. The molecule has 0 saturated carbocycles. The summed E-state index contributed by atoms with van der Waals surface area (Å²) < 4.78 is 40.2. The lowest BCUT2D eigenvalue weighted by molar-refractivity contribution is -0.138. The summed E-state index contributed by atoms with van der Waals surface area (Å²) in [4.78, 5) is 40.2. The maximum atomic E-state index is 13.4. The molecule has 2 aliphatic rings. The Labute approximate surface area is 231 Å². The Morgan fingerprint density at radius 1 is 1.23 bits per heavy atom. The van der Waals surface area contributed by atoms with Crippen LogP contribution in [-0.4, -0.2) is 58.7 Å². The van der Waals surface area contributed by atoms with Gasteiger partial charge in [-0.1, -0.05) is 23.7 Å². The number of halogens is 4. The number of benzene rings is 2. The first-order valence-corrected chi connectivity index (χ1v) is 13.2. The van der Waals surface area contributed by atoms with Crippen LogP contribution < -0.4 is 11.1 Å². The number of carbonyl (C=O) groups excluding carboxylic acids is 3. The highest BCUT2D eigenvalue weighted by Gasteiger charge is 2.39. The molecule has 1 atom stereocenters. The number of imide groups is 1. The number of primary amides is 1. The highest BCUT2D eigenvalue weighted by Crippen LogP contribution is 2.35. The normalized spacial score (nSPS) is 19.2. The Hall–Kier alpha value is -3.35. The van der Waals surface area contributed by atoms with Gasteiger partial charge in [-0.2, -0.15) is 13.2 Å². The number of anilines is 1. The van der Waals surface area contributed by atoms with Gasteiger partial charge < -0.3 is 16.5 Å². The summed E-state index contributed by atoms with van der Waals surface area (Å²) in [6, 6.07) is 8.24. The molecule has 2 saturated heterocycles. The lowest BCUT2D eigenvalue weighted by Gasteiger charge is -2.26. The van der Waals surface area contributed by atoms with E-state index in [1.807, 2.05) is 4.90 Å². The first-order valence-electron chi connectivity index (χ1n) is 12.0. The summed E-state index contributed by atoms with van der Waals surface area (Å²) in [5, 5.41) is 10.3. The van der Waals surface area contributed by atoms with Crippen LogP contribution in [0.3, 0.4) is 0 Å². The SMILES string of the molecule is N=Cc1cc(/C=C2\SC(=O)N(C[C@H]3CCCN3CC(N)=O)C2=O)ccc1NCc1ccc(Cl)cc1C(F)(F)F. The molecule has 206 valence electrons. The first kappa shape index (κ1) is 28.7. The van der Waals surface area contributed by atoms with E-state index in [1.165, 1.54) is 12.1 Å². The third-order valence-corrected chi connectivity index (χ3v) is 7.64. The fraction of sp³-hybridized carbons (Fsp3) is 0.308. The van der Waals surface area contributed by atoms with Crippen molar-refractivity contribution in [2.75, 3.05) is 25.0 Å². The molecule has 2 aliphatic heterocycles. The summed E-state index contributed by atoms with van der Waals surface area (Å²) in [6.07, 6.45) is -0.404. The molecule has 8 nitrogen and oxygen atoms in total. The molecule has 2 aromatic carbocycles. The zero-order valence-corrected chi connectivity index (χ0v) is 22.1. The van der Waals surface area contributed by atoms with Crippen LogP contribution in [0.4, 0.5) is 23.7 Å². The van der Waals surface area contributed by atoms with E-state index in [1.54, 1.807) is 24.3 Å². The number of alkyl halides is 3. The van der Waals surface area contributed by atoms with E-state index >= 15 is 0 Å². The van der Waals surface area contributed by atoms with Gasteiger partial charge in [-0.15, -0.1) is 0 Å². The lowest BCUT2D eigenvalue weighted by Crippen LogP contribution is -2.45. The molecule has 0 unspecified atom stereocenters. The molecule has 2 aromatic rings. The number of amides is 3. The Morgan fingerprint density at radius 3 is 2.69 bits per heavy atom. The molecule has 4 rings (SSSR count). The molecule has 0 aliphatic carbocycles. The predicted molar refractivity (Wildman–Crippen MR) is 145 cm³/mol. The van der Waals surface area contributed by atoms with E-state index in [-0.39, 0.29) is 41.2 Å². The highest BCUT2D eigenvalue weighted by molar-refractivity contribution is 8.18. The van der Waals surface area contributed by atoms with E-state index in [0.717, 1.165) is 41.8 Å². The van der Waals surface area contributed by atoms with E-state index < -0.39 is 28.8 Å². The summed E-state index contributed by atoms with van der Waals surface area (Å²) in [6.45, 7) is 0.745. The summed E-state index contributed by atoms with van der Waals surface area (Å²) in [7, 11) is 0. The number of rotatable bonds is 9. The van der Waals surface area contributed by atoms with Crippen molar-refractivity contribution in [3.63, 3.8) is 0 Å². The van der Waals surface area contributed by atoms with Crippen LogP contribution in [0.15, 0.2) is 41.3 Å². The van der Waals surface area contributed by atoms with E-state index in [0.29, 0.717) is 23.4 Å². The molecule has 0 radical (unpaired) electrons. The maximum absolute atomic E-state index is 13.4. The Morgan fingerprint density at radius 2 is 2.00 bits per heavy atom. The Bertz CT molecular complexity index is 1350. The second-order valence-corrected chi connectivity index (χ2v) is 10.6. The molecule has 4 N–H and O–H groups in total. The van der Waals surface area contributed by atoms with E-state index in [4.69, 9.17) is 22.7 Å². The van der Waals surface area contributed by atoms with Gasteiger partial charge in [0.15, 0.2) is 0 Å². The van der Waals surface area contributed by atoms with E-state index in [2.05, 4.69) is 5.32 Å². The summed E-state index contributed by atoms with van der Waals surface area (Å²) in [5.41, 5.74) is 5.81. The van der Waals surface area contributed by atoms with Crippen molar-refractivity contribution in [2.45, 2.75) is 31.6 Å². The summed E-state index contributed by atoms with van der Waals surface area (Å²) >= 11 is 6.55. The number of carbonyl (C=O) groups is 3. The predicted octanol–water partition coefficient (Wildman–Crippen LogP) is 4.95. The van der Waals surface area contributed by atoms with Crippen molar-refractivity contribution in [3.05, 3.63) is 68.6 Å². The van der Waals surface area contributed by atoms with Crippen molar-refractivity contribution in [1.82, 2.24) is 9.80 Å². The number of likely N-dealkylation sites (tertiary alicyclic amines) is 1. The number of nitrogens with one attached hydrogen (secondary N) is 2. The maximum Gasteiger partial charge on any atom is 0.416 e. The van der Waals surface area contributed by atoms with Crippen LogP contribution in [0.25, 0.3) is 6.08 Å². The number of nitrogens with two attached hydrogens (primary N) is 1. The second kappa shape index (κ2) is 11.8. The molecule has 39 heavy (non-hydrogen) atoms. The molecule has 2 heterocycles. The smallest absolute Gasteiger partial charge is 0.380 e. The summed E-state index contributed by atoms with van der Waals surface area (Å²) in [5.74, 6) is -0.915. The minimum Gasteiger partial charge on any atom is -0.380 e. The van der Waals surface area contributed by atoms with Gasteiger partial charge >= 0.3 is 6.18 Å². The van der Waals surface area contributed by atoms with Crippen molar-refractivity contribution >= 4 is 58.4 Å². The van der Waals surface area contributed by atoms with Gasteiger partial charge in [-0.05, 0) is 72.6 Å². The molecule has 0 aromatic heterocycles. The van der Waals surface area contributed by atoms with Crippen molar-refractivity contribution in [1.29, 1.82) is 5.41 Å². The minimum absolute atomic E-state index is 0.00256. The van der Waals surface area contributed by atoms with Gasteiger partial charge in [0, 0.05) is 41.6 Å². The van der Waals surface area contributed by atoms with Crippen molar-refractivity contribution in [3.8, 4) is 0 Å². The number of thioether (sulfide) groups is 1. The fourth-order valence-corrected chi connectivity index (χ4v) is 5.66. The molecule has 3 amide bonds. The quantitative estimate of drug-likeness (QED) is 0.285. The number of hydrogen-bond acceptors (Lipinski definition) is 7. The zero-order valence-electron chi connectivity index (χ0n) is 20.6. The zero-order chi connectivity index (χ0) is 28.3. The van der Waals surface area contributed by atoms with Crippen LogP contribution in [0.2, 0.25) is 5.02 Å². The minimum atomic E-state index is -4.57. The van der Waals surface area contributed by atoms with Crippen LogP contribution in [0.1, 0.15) is 35.1 Å². The molecule has 13 heteroatoms. The van der Waals surface area contributed by atoms with Gasteiger partial charge in [0.1, 0.15) is 0 Å². The lowest BCUT2D eigenvalue weighted by atomic mass is 10.1. The monoisotopic (exact) mass is 579 g/mol.